The van der Waals surface area contributed by atoms with Crippen LogP contribution in [0.4, 0.5) is 0 Å². The molecule has 0 saturated carbocycles. The van der Waals surface area contributed by atoms with E-state index in [-0.39, 0.29) is 17.9 Å². The molecule has 4 heteroatoms. The zero-order valence-electron chi connectivity index (χ0n) is 13.4. The fraction of sp³-hybridized carbons (Fsp3) is 0.368. The highest BCUT2D eigenvalue weighted by molar-refractivity contribution is 5.84. The Morgan fingerprint density at radius 2 is 2.13 bits per heavy atom. The van der Waals surface area contributed by atoms with Crippen LogP contribution in [0.15, 0.2) is 54.9 Å². The molecule has 1 saturated heterocycles. The number of benzene rings is 1. The van der Waals surface area contributed by atoms with Gasteiger partial charge in [-0.3, -0.25) is 9.78 Å². The second kappa shape index (κ2) is 7.38. The molecule has 0 radical (unpaired) electrons. The topological polar surface area (TPSA) is 42.4 Å². The van der Waals surface area contributed by atoms with Crippen molar-refractivity contribution >= 4 is 5.91 Å². The third kappa shape index (κ3) is 3.96. The molecule has 0 aliphatic carbocycles. The van der Waals surface area contributed by atoms with Crippen LogP contribution in [0.2, 0.25) is 0 Å². The van der Waals surface area contributed by atoms with Gasteiger partial charge in [-0.2, -0.15) is 0 Å². The molecular formula is C19H22N2O2. The monoisotopic (exact) mass is 310 g/mol. The zero-order valence-corrected chi connectivity index (χ0v) is 13.4. The Morgan fingerprint density at radius 1 is 1.30 bits per heavy atom. The van der Waals surface area contributed by atoms with Crippen molar-refractivity contribution in [2.45, 2.75) is 25.4 Å². The summed E-state index contributed by atoms with van der Waals surface area (Å²) < 4.78 is 5.56. The SMILES string of the molecule is CC1CN(C(=O)C(Cc2cccnc2)c2ccccc2)CCO1. The Balaban J connectivity index is 1.84. The van der Waals surface area contributed by atoms with E-state index in [2.05, 4.69) is 4.98 Å². The van der Waals surface area contributed by atoms with Gasteiger partial charge in [0.25, 0.3) is 0 Å². The molecule has 1 aromatic heterocycles. The average molecular weight is 310 g/mol. The first-order valence-electron chi connectivity index (χ1n) is 8.08. The number of morpholine rings is 1. The Hall–Kier alpha value is -2.20. The van der Waals surface area contributed by atoms with Crippen LogP contribution in [0, 0.1) is 0 Å². The molecule has 4 nitrogen and oxygen atoms in total. The number of hydrogen-bond acceptors (Lipinski definition) is 3. The maximum absolute atomic E-state index is 13.1. The first kappa shape index (κ1) is 15.7. The second-order valence-electron chi connectivity index (χ2n) is 5.99. The zero-order chi connectivity index (χ0) is 16.1. The van der Waals surface area contributed by atoms with Gasteiger partial charge in [0.05, 0.1) is 18.6 Å². The number of aromatic nitrogens is 1. The van der Waals surface area contributed by atoms with E-state index in [1.807, 2.05) is 60.5 Å². The molecule has 0 spiro atoms. The van der Waals surface area contributed by atoms with E-state index in [0.29, 0.717) is 26.1 Å². The van der Waals surface area contributed by atoms with E-state index in [1.165, 1.54) is 0 Å². The summed E-state index contributed by atoms with van der Waals surface area (Å²) in [5, 5.41) is 0. The fourth-order valence-electron chi connectivity index (χ4n) is 3.03. The summed E-state index contributed by atoms with van der Waals surface area (Å²) in [5.41, 5.74) is 2.14. The van der Waals surface area contributed by atoms with Crippen molar-refractivity contribution in [2.75, 3.05) is 19.7 Å². The molecule has 2 atom stereocenters. The van der Waals surface area contributed by atoms with Gasteiger partial charge in [-0.1, -0.05) is 36.4 Å². The number of ether oxygens (including phenoxy) is 1. The van der Waals surface area contributed by atoms with Crippen LogP contribution in [0.1, 0.15) is 24.0 Å². The quantitative estimate of drug-likeness (QED) is 0.872. The molecule has 1 aliphatic heterocycles. The summed E-state index contributed by atoms with van der Waals surface area (Å²) in [5.74, 6) is 0.000836. The number of rotatable bonds is 4. The third-order valence-corrected chi connectivity index (χ3v) is 4.22. The van der Waals surface area contributed by atoms with Crippen LogP contribution in [0.25, 0.3) is 0 Å². The van der Waals surface area contributed by atoms with E-state index in [1.54, 1.807) is 6.20 Å². The Kier molecular flexibility index (Phi) is 5.03. The number of carbonyl (C=O) groups excluding carboxylic acids is 1. The summed E-state index contributed by atoms with van der Waals surface area (Å²) in [7, 11) is 0. The highest BCUT2D eigenvalue weighted by atomic mass is 16.5. The molecule has 120 valence electrons. The van der Waals surface area contributed by atoms with Gasteiger partial charge in [0, 0.05) is 25.5 Å². The van der Waals surface area contributed by atoms with Crippen molar-refractivity contribution in [1.82, 2.24) is 9.88 Å². The Labute approximate surface area is 137 Å². The van der Waals surface area contributed by atoms with Gasteiger partial charge in [0.1, 0.15) is 0 Å². The van der Waals surface area contributed by atoms with Gasteiger partial charge in [-0.25, -0.2) is 0 Å². The molecule has 1 aromatic carbocycles. The molecule has 0 N–H and O–H groups in total. The van der Waals surface area contributed by atoms with Crippen molar-refractivity contribution in [3.8, 4) is 0 Å². The second-order valence-corrected chi connectivity index (χ2v) is 5.99. The van der Waals surface area contributed by atoms with Crippen LogP contribution in [-0.2, 0) is 16.0 Å². The lowest BCUT2D eigenvalue weighted by Crippen LogP contribution is -2.46. The predicted molar refractivity (Wildman–Crippen MR) is 89.1 cm³/mol. The molecular weight excluding hydrogens is 288 g/mol. The average Bonchev–Trinajstić information content (AvgIpc) is 2.61. The minimum atomic E-state index is -0.175. The molecule has 1 fully saturated rings. The minimum absolute atomic E-state index is 0.0996. The van der Waals surface area contributed by atoms with Crippen molar-refractivity contribution < 1.29 is 9.53 Å². The van der Waals surface area contributed by atoms with Crippen LogP contribution in [-0.4, -0.2) is 41.6 Å². The van der Waals surface area contributed by atoms with E-state index >= 15 is 0 Å². The van der Waals surface area contributed by atoms with Gasteiger partial charge >= 0.3 is 0 Å². The number of nitrogens with zero attached hydrogens (tertiary/aromatic N) is 2. The lowest BCUT2D eigenvalue weighted by Gasteiger charge is -2.34. The molecule has 23 heavy (non-hydrogen) atoms. The van der Waals surface area contributed by atoms with Crippen molar-refractivity contribution in [3.05, 3.63) is 66.0 Å². The predicted octanol–water partition coefficient (Wildman–Crippen LogP) is 2.66. The van der Waals surface area contributed by atoms with Crippen molar-refractivity contribution in [3.63, 3.8) is 0 Å². The largest absolute Gasteiger partial charge is 0.375 e. The summed E-state index contributed by atoms with van der Waals surface area (Å²) in [6.07, 6.45) is 4.36. The summed E-state index contributed by atoms with van der Waals surface area (Å²) in [6, 6.07) is 14.0. The number of pyridine rings is 1. The van der Waals surface area contributed by atoms with Crippen LogP contribution >= 0.6 is 0 Å². The molecule has 0 bridgehead atoms. The number of carbonyl (C=O) groups is 1. The van der Waals surface area contributed by atoms with E-state index in [9.17, 15) is 4.79 Å². The van der Waals surface area contributed by atoms with Gasteiger partial charge in [-0.05, 0) is 30.5 Å². The first-order valence-corrected chi connectivity index (χ1v) is 8.08. The maximum atomic E-state index is 13.1. The van der Waals surface area contributed by atoms with Gasteiger partial charge in [-0.15, -0.1) is 0 Å². The number of amides is 1. The normalized spacial score (nSPS) is 19.3. The summed E-state index contributed by atoms with van der Waals surface area (Å²) in [6.45, 7) is 3.95. The lowest BCUT2D eigenvalue weighted by molar-refractivity contribution is -0.139. The first-order chi connectivity index (χ1) is 11.2. The fourth-order valence-corrected chi connectivity index (χ4v) is 3.03. The molecule has 2 aromatic rings. The highest BCUT2D eigenvalue weighted by Gasteiger charge is 2.29. The van der Waals surface area contributed by atoms with E-state index in [4.69, 9.17) is 4.74 Å². The Bertz CT molecular complexity index is 630. The van der Waals surface area contributed by atoms with Gasteiger partial charge in [0.2, 0.25) is 5.91 Å². The molecule has 1 aliphatic rings. The molecule has 1 amide bonds. The van der Waals surface area contributed by atoms with Gasteiger partial charge < -0.3 is 9.64 Å². The number of hydrogen-bond donors (Lipinski definition) is 0. The standard InChI is InChI=1S/C19H22N2O2/c1-15-14-21(10-11-23-15)19(22)18(17-7-3-2-4-8-17)12-16-6-5-9-20-13-16/h2-9,13,15,18H,10-12,14H2,1H3. The minimum Gasteiger partial charge on any atom is -0.375 e. The van der Waals surface area contributed by atoms with Crippen LogP contribution in [0.5, 0.6) is 0 Å². The Morgan fingerprint density at radius 3 is 2.83 bits per heavy atom. The lowest BCUT2D eigenvalue weighted by atomic mass is 9.91. The molecule has 2 unspecified atom stereocenters. The van der Waals surface area contributed by atoms with Crippen molar-refractivity contribution in [1.29, 1.82) is 0 Å². The van der Waals surface area contributed by atoms with Crippen LogP contribution in [0.3, 0.4) is 0 Å². The van der Waals surface area contributed by atoms with E-state index in [0.717, 1.165) is 11.1 Å². The molecule has 3 rings (SSSR count). The van der Waals surface area contributed by atoms with Crippen molar-refractivity contribution in [2.24, 2.45) is 0 Å². The molecule has 2 heterocycles. The van der Waals surface area contributed by atoms with Crippen LogP contribution < -0.4 is 0 Å². The third-order valence-electron chi connectivity index (χ3n) is 4.22. The van der Waals surface area contributed by atoms with Gasteiger partial charge in [0.15, 0.2) is 0 Å². The smallest absolute Gasteiger partial charge is 0.230 e. The summed E-state index contributed by atoms with van der Waals surface area (Å²) >= 11 is 0. The maximum Gasteiger partial charge on any atom is 0.230 e. The summed E-state index contributed by atoms with van der Waals surface area (Å²) in [4.78, 5) is 19.2. The van der Waals surface area contributed by atoms with E-state index < -0.39 is 0 Å². The highest BCUT2D eigenvalue weighted by Crippen LogP contribution is 2.24.